The van der Waals surface area contributed by atoms with Gasteiger partial charge in [0.2, 0.25) is 0 Å². The van der Waals surface area contributed by atoms with Gasteiger partial charge in [0.15, 0.2) is 0 Å². The van der Waals surface area contributed by atoms with Gasteiger partial charge in [-0.2, -0.15) is 0 Å². The molecule has 2 aliphatic carbocycles. The molecule has 1 unspecified atom stereocenters. The minimum atomic E-state index is -0.356. The summed E-state index contributed by atoms with van der Waals surface area (Å²) in [5.41, 5.74) is 0. The predicted molar refractivity (Wildman–Crippen MR) is 230 cm³/mol. The van der Waals surface area contributed by atoms with Crippen LogP contribution < -0.4 is 0 Å². The van der Waals surface area contributed by atoms with E-state index in [4.69, 9.17) is 14.2 Å². The second kappa shape index (κ2) is 31.8. The number of ether oxygens (including phenoxy) is 3. The number of carbonyl (C=O) groups is 3. The molecule has 56 heavy (non-hydrogen) atoms. The van der Waals surface area contributed by atoms with Gasteiger partial charge in [-0.3, -0.25) is 14.4 Å². The van der Waals surface area contributed by atoms with Crippen LogP contribution in [0.1, 0.15) is 200 Å². The van der Waals surface area contributed by atoms with Gasteiger partial charge in [0.1, 0.15) is 19.8 Å². The molecule has 0 amide bonds. The highest BCUT2D eigenvalue weighted by Crippen LogP contribution is 2.42. The van der Waals surface area contributed by atoms with Crippen LogP contribution in [0.3, 0.4) is 0 Å². The number of likely N-dealkylation sites (tertiary alicyclic amines) is 1. The zero-order valence-electron chi connectivity index (χ0n) is 36.3. The molecule has 7 nitrogen and oxygen atoms in total. The maximum atomic E-state index is 13.2. The number of rotatable bonds is 31. The summed E-state index contributed by atoms with van der Waals surface area (Å²) >= 11 is 0. The maximum Gasteiger partial charge on any atom is 0.308 e. The van der Waals surface area contributed by atoms with Crippen molar-refractivity contribution >= 4 is 17.9 Å². The summed E-state index contributed by atoms with van der Waals surface area (Å²) in [6.07, 6.45) is 42.1. The van der Waals surface area contributed by atoms with E-state index >= 15 is 0 Å². The lowest BCUT2D eigenvalue weighted by atomic mass is 9.68. The molecule has 1 heterocycles. The summed E-state index contributed by atoms with van der Waals surface area (Å²) in [6.45, 7) is 8.00. The Labute approximate surface area is 343 Å². The fraction of sp³-hybridized carbons (Fsp3) is 0.857. The van der Waals surface area contributed by atoms with Gasteiger partial charge in [-0.15, -0.1) is 0 Å². The third-order valence-corrected chi connectivity index (χ3v) is 12.9. The largest absolute Gasteiger partial charge is 0.465 e. The first-order valence-corrected chi connectivity index (χ1v) is 24.0. The van der Waals surface area contributed by atoms with Gasteiger partial charge in [-0.05, 0) is 134 Å². The highest BCUT2D eigenvalue weighted by Gasteiger charge is 2.34. The minimum Gasteiger partial charge on any atom is -0.465 e. The Bertz CT molecular complexity index is 1070. The molecule has 1 aliphatic heterocycles. The van der Waals surface area contributed by atoms with E-state index in [0.717, 1.165) is 102 Å². The summed E-state index contributed by atoms with van der Waals surface area (Å²) in [4.78, 5) is 40.9. The molecule has 0 N–H and O–H groups in total. The smallest absolute Gasteiger partial charge is 0.308 e. The first-order chi connectivity index (χ1) is 27.5. The number of hydrogen-bond donors (Lipinski definition) is 0. The van der Waals surface area contributed by atoms with E-state index in [1.807, 2.05) is 0 Å². The lowest BCUT2D eigenvalue weighted by molar-refractivity contribution is -0.156. The van der Waals surface area contributed by atoms with Gasteiger partial charge in [0, 0.05) is 12.8 Å². The Morgan fingerprint density at radius 2 is 1.09 bits per heavy atom. The van der Waals surface area contributed by atoms with Crippen molar-refractivity contribution in [3.05, 3.63) is 24.3 Å². The van der Waals surface area contributed by atoms with Gasteiger partial charge in [-0.25, -0.2) is 0 Å². The third-order valence-electron chi connectivity index (χ3n) is 12.9. The van der Waals surface area contributed by atoms with Crippen LogP contribution in [0.5, 0.6) is 0 Å². The quantitative estimate of drug-likeness (QED) is 0.0300. The van der Waals surface area contributed by atoms with Crippen LogP contribution in [-0.4, -0.2) is 62.3 Å². The molecule has 0 aromatic rings. The minimum absolute atomic E-state index is 0.0586. The molecule has 1 atom stereocenters. The van der Waals surface area contributed by atoms with Gasteiger partial charge < -0.3 is 19.1 Å². The Morgan fingerprint density at radius 1 is 0.571 bits per heavy atom. The summed E-state index contributed by atoms with van der Waals surface area (Å²) in [6, 6.07) is 0. The molecule has 7 heteroatoms. The average molecular weight is 784 g/mol. The lowest BCUT2D eigenvalue weighted by Crippen LogP contribution is -2.31. The van der Waals surface area contributed by atoms with Crippen LogP contribution >= 0.6 is 0 Å². The third kappa shape index (κ3) is 22.7. The van der Waals surface area contributed by atoms with Crippen molar-refractivity contribution in [3.8, 4) is 0 Å². The number of esters is 3. The molecule has 0 spiro atoms. The first-order valence-electron chi connectivity index (χ1n) is 24.0. The van der Waals surface area contributed by atoms with Crippen molar-refractivity contribution in [2.24, 2.45) is 29.6 Å². The molecule has 0 aromatic heterocycles. The van der Waals surface area contributed by atoms with E-state index < -0.39 is 0 Å². The number of unbranched alkanes of at least 4 members (excludes halogenated alkanes) is 11. The summed E-state index contributed by atoms with van der Waals surface area (Å²) in [7, 11) is 0. The van der Waals surface area contributed by atoms with Crippen molar-refractivity contribution in [1.29, 1.82) is 0 Å². The van der Waals surface area contributed by atoms with Crippen molar-refractivity contribution in [1.82, 2.24) is 4.90 Å². The van der Waals surface area contributed by atoms with Crippen LogP contribution in [0.15, 0.2) is 24.3 Å². The zero-order valence-corrected chi connectivity index (χ0v) is 36.3. The number of hydrogen-bond acceptors (Lipinski definition) is 7. The Hall–Kier alpha value is -2.15. The van der Waals surface area contributed by atoms with Crippen LogP contribution in [0.25, 0.3) is 0 Å². The molecular weight excluding hydrogens is 699 g/mol. The summed E-state index contributed by atoms with van der Waals surface area (Å²) < 4.78 is 17.2. The fourth-order valence-corrected chi connectivity index (χ4v) is 9.20. The van der Waals surface area contributed by atoms with Gasteiger partial charge in [-0.1, -0.05) is 115 Å². The average Bonchev–Trinajstić information content (AvgIpc) is 3.74. The number of carbonyl (C=O) groups excluding carboxylic acids is 3. The topological polar surface area (TPSA) is 82.1 Å². The second-order valence-corrected chi connectivity index (χ2v) is 17.7. The monoisotopic (exact) mass is 784 g/mol. The maximum absolute atomic E-state index is 13.2. The fourth-order valence-electron chi connectivity index (χ4n) is 9.20. The molecule has 0 aromatic carbocycles. The van der Waals surface area contributed by atoms with Gasteiger partial charge in [0.25, 0.3) is 0 Å². The second-order valence-electron chi connectivity index (χ2n) is 17.7. The predicted octanol–water partition coefficient (Wildman–Crippen LogP) is 12.5. The van der Waals surface area contributed by atoms with Crippen molar-refractivity contribution in [3.63, 3.8) is 0 Å². The van der Waals surface area contributed by atoms with E-state index in [1.165, 1.54) is 109 Å². The van der Waals surface area contributed by atoms with Crippen molar-refractivity contribution in [2.75, 3.05) is 39.5 Å². The molecule has 0 radical (unpaired) electrons. The SMILES string of the molecule is CCCCC/C=C\C/C=C\CCCCCCCCC(=O)OCC(COC(=O)CCCN1CCCC1)COC(=O)C1CCC(C2CCC(CCCCC)CC2)CC1. The standard InChI is InChI=1S/C49H85NO6/c1-3-5-7-8-9-10-11-12-13-14-15-16-17-18-19-21-26-47(51)54-39-43(40-55-48(52)27-24-38-50-36-22-23-37-50)41-56-49(53)46-34-32-45(33-35-46)44-30-28-42(29-31-44)25-20-6-4-2/h9-10,12-13,42-46H,3-8,11,14-41H2,1-2H3/b10-9-,13-12-. The molecule has 3 fully saturated rings. The first kappa shape index (κ1) is 48.2. The van der Waals surface area contributed by atoms with E-state index in [-0.39, 0.29) is 49.6 Å². The van der Waals surface area contributed by atoms with E-state index in [2.05, 4.69) is 43.1 Å². The van der Waals surface area contributed by atoms with Crippen LogP contribution in [0.2, 0.25) is 0 Å². The van der Waals surface area contributed by atoms with Crippen molar-refractivity contribution < 1.29 is 28.6 Å². The molecule has 322 valence electrons. The Morgan fingerprint density at radius 3 is 1.71 bits per heavy atom. The molecule has 3 aliphatic rings. The highest BCUT2D eigenvalue weighted by molar-refractivity contribution is 5.72. The molecular formula is C49H85NO6. The molecule has 1 saturated heterocycles. The summed E-state index contributed by atoms with van der Waals surface area (Å²) in [5.74, 6) is 1.49. The van der Waals surface area contributed by atoms with Crippen LogP contribution in [-0.2, 0) is 28.6 Å². The summed E-state index contributed by atoms with van der Waals surface area (Å²) in [5, 5.41) is 0. The van der Waals surface area contributed by atoms with E-state index in [0.29, 0.717) is 12.8 Å². The van der Waals surface area contributed by atoms with E-state index in [1.54, 1.807) is 0 Å². The van der Waals surface area contributed by atoms with Gasteiger partial charge in [0.05, 0.1) is 11.8 Å². The van der Waals surface area contributed by atoms with Crippen molar-refractivity contribution in [2.45, 2.75) is 200 Å². The lowest BCUT2D eigenvalue weighted by Gasteiger charge is -2.37. The van der Waals surface area contributed by atoms with Gasteiger partial charge >= 0.3 is 17.9 Å². The molecule has 2 saturated carbocycles. The highest BCUT2D eigenvalue weighted by atomic mass is 16.6. The molecule has 0 bridgehead atoms. The number of allylic oxidation sites excluding steroid dienone is 4. The Kier molecular flexibility index (Phi) is 27.4. The Balaban J connectivity index is 1.29. The number of nitrogens with zero attached hydrogens (tertiary/aromatic N) is 1. The molecule has 3 rings (SSSR count). The zero-order chi connectivity index (χ0) is 39.9. The van der Waals surface area contributed by atoms with E-state index in [9.17, 15) is 14.4 Å². The normalized spacial score (nSPS) is 22.5. The van der Waals surface area contributed by atoms with Crippen LogP contribution in [0, 0.1) is 29.6 Å². The van der Waals surface area contributed by atoms with Crippen LogP contribution in [0.4, 0.5) is 0 Å².